The van der Waals surface area contributed by atoms with Crippen molar-refractivity contribution < 1.29 is 14.3 Å². The molecule has 1 N–H and O–H groups in total. The molecule has 2 aromatic heterocycles. The molecule has 1 saturated heterocycles. The van der Waals surface area contributed by atoms with Crippen molar-refractivity contribution in [1.82, 2.24) is 14.8 Å². The van der Waals surface area contributed by atoms with Crippen molar-refractivity contribution in [2.24, 2.45) is 0 Å². The maximum absolute atomic E-state index is 12.7. The maximum Gasteiger partial charge on any atom is 0.339 e. The maximum atomic E-state index is 12.7. The van der Waals surface area contributed by atoms with Gasteiger partial charge in [-0.3, -0.25) is 14.6 Å². The van der Waals surface area contributed by atoms with Gasteiger partial charge in [0, 0.05) is 43.3 Å². The summed E-state index contributed by atoms with van der Waals surface area (Å²) in [7, 11) is 1.35. The van der Waals surface area contributed by atoms with E-state index in [0.29, 0.717) is 29.1 Å². The zero-order valence-corrected chi connectivity index (χ0v) is 16.3. The van der Waals surface area contributed by atoms with Crippen molar-refractivity contribution in [3.63, 3.8) is 0 Å². The SMILES string of the molecule is COC(=O)c1c(C)[nH]c(C(=O)CN2CCN(Cc3cccs3)CC2)c1C. The number of hydrogen-bond acceptors (Lipinski definition) is 6. The molecule has 26 heavy (non-hydrogen) atoms. The van der Waals surface area contributed by atoms with Crippen molar-refractivity contribution >= 4 is 23.1 Å². The van der Waals surface area contributed by atoms with Gasteiger partial charge in [-0.15, -0.1) is 11.3 Å². The standard InChI is InChI=1S/C19H25N3O3S/c1-13-17(19(24)25-3)14(2)20-18(13)16(23)12-22-8-6-21(7-9-22)11-15-5-4-10-26-15/h4-5,10,20H,6-9,11-12H2,1-3H3. The molecular formula is C19H25N3O3S. The smallest absolute Gasteiger partial charge is 0.339 e. The molecule has 0 spiro atoms. The molecule has 0 atom stereocenters. The normalized spacial score (nSPS) is 16.0. The minimum atomic E-state index is -0.405. The van der Waals surface area contributed by atoms with Gasteiger partial charge in [0.25, 0.3) is 0 Å². The minimum Gasteiger partial charge on any atom is -0.465 e. The van der Waals surface area contributed by atoms with Gasteiger partial charge in [-0.2, -0.15) is 0 Å². The Labute approximate surface area is 157 Å². The Morgan fingerprint density at radius 2 is 1.88 bits per heavy atom. The second-order valence-electron chi connectivity index (χ2n) is 6.67. The predicted octanol–water partition coefficient (Wildman–Crippen LogP) is 2.48. The lowest BCUT2D eigenvalue weighted by Crippen LogP contribution is -2.47. The average molecular weight is 375 g/mol. The Bertz CT molecular complexity index is 774. The van der Waals surface area contributed by atoms with Crippen LogP contribution in [0.5, 0.6) is 0 Å². The first-order valence-electron chi connectivity index (χ1n) is 8.77. The van der Waals surface area contributed by atoms with Crippen molar-refractivity contribution in [1.29, 1.82) is 0 Å². The van der Waals surface area contributed by atoms with E-state index in [4.69, 9.17) is 4.74 Å². The first-order valence-corrected chi connectivity index (χ1v) is 9.65. The number of piperazine rings is 1. The van der Waals surface area contributed by atoms with Crippen molar-refractivity contribution in [2.45, 2.75) is 20.4 Å². The number of aromatic nitrogens is 1. The molecule has 0 aromatic carbocycles. The van der Waals surface area contributed by atoms with Crippen LogP contribution in [0, 0.1) is 13.8 Å². The van der Waals surface area contributed by atoms with Gasteiger partial charge in [-0.25, -0.2) is 4.79 Å². The lowest BCUT2D eigenvalue weighted by Gasteiger charge is -2.34. The fraction of sp³-hybridized carbons (Fsp3) is 0.474. The number of rotatable bonds is 6. The van der Waals surface area contributed by atoms with Gasteiger partial charge in [0.05, 0.1) is 24.9 Å². The van der Waals surface area contributed by atoms with Crippen LogP contribution in [0.15, 0.2) is 17.5 Å². The molecule has 0 saturated carbocycles. The van der Waals surface area contributed by atoms with Crippen LogP contribution in [0.25, 0.3) is 0 Å². The summed E-state index contributed by atoms with van der Waals surface area (Å²) in [5.41, 5.74) is 2.34. The summed E-state index contributed by atoms with van der Waals surface area (Å²) in [5.74, 6) is -0.384. The minimum absolute atomic E-state index is 0.0208. The molecule has 140 valence electrons. The zero-order chi connectivity index (χ0) is 18.7. The third kappa shape index (κ3) is 4.06. The van der Waals surface area contributed by atoms with E-state index >= 15 is 0 Å². The quantitative estimate of drug-likeness (QED) is 0.621. The molecule has 1 aliphatic rings. The molecule has 0 amide bonds. The van der Waals surface area contributed by atoms with Gasteiger partial charge in [0.1, 0.15) is 0 Å². The highest BCUT2D eigenvalue weighted by Crippen LogP contribution is 2.20. The van der Waals surface area contributed by atoms with Gasteiger partial charge in [-0.05, 0) is 30.9 Å². The summed E-state index contributed by atoms with van der Waals surface area (Å²) in [5, 5.41) is 2.10. The van der Waals surface area contributed by atoms with Crippen LogP contribution in [0.4, 0.5) is 0 Å². The zero-order valence-electron chi connectivity index (χ0n) is 15.5. The number of hydrogen-bond donors (Lipinski definition) is 1. The van der Waals surface area contributed by atoms with Crippen molar-refractivity contribution in [3.8, 4) is 0 Å². The van der Waals surface area contributed by atoms with Crippen LogP contribution < -0.4 is 0 Å². The van der Waals surface area contributed by atoms with Gasteiger partial charge in [0.2, 0.25) is 0 Å². The molecule has 6 nitrogen and oxygen atoms in total. The Balaban J connectivity index is 1.57. The van der Waals surface area contributed by atoms with E-state index in [-0.39, 0.29) is 5.78 Å². The van der Waals surface area contributed by atoms with Crippen molar-refractivity contribution in [2.75, 3.05) is 39.8 Å². The Hall–Kier alpha value is -1.96. The number of nitrogens with one attached hydrogen (secondary N) is 1. The number of ether oxygens (including phenoxy) is 1. The summed E-state index contributed by atoms with van der Waals surface area (Å²) < 4.78 is 4.81. The van der Waals surface area contributed by atoms with E-state index < -0.39 is 5.97 Å². The number of carbonyl (C=O) groups is 2. The number of esters is 1. The number of Topliss-reactive ketones (excluding diaryl/α,β-unsaturated/α-hetero) is 1. The number of thiophene rings is 1. The van der Waals surface area contributed by atoms with E-state index in [1.165, 1.54) is 12.0 Å². The van der Waals surface area contributed by atoms with Crippen LogP contribution in [0.3, 0.4) is 0 Å². The van der Waals surface area contributed by atoms with Crippen LogP contribution in [0.1, 0.15) is 37.0 Å². The van der Waals surface area contributed by atoms with Gasteiger partial charge < -0.3 is 9.72 Å². The molecule has 1 fully saturated rings. The number of aromatic amines is 1. The van der Waals surface area contributed by atoms with Crippen LogP contribution >= 0.6 is 11.3 Å². The van der Waals surface area contributed by atoms with E-state index in [0.717, 1.165) is 32.7 Å². The Morgan fingerprint density at radius 3 is 2.50 bits per heavy atom. The summed E-state index contributed by atoms with van der Waals surface area (Å²) in [6.45, 7) is 8.61. The molecule has 7 heteroatoms. The highest BCUT2D eigenvalue weighted by Gasteiger charge is 2.25. The highest BCUT2D eigenvalue weighted by molar-refractivity contribution is 7.09. The van der Waals surface area contributed by atoms with Crippen LogP contribution in [0.2, 0.25) is 0 Å². The molecule has 0 aliphatic carbocycles. The summed E-state index contributed by atoms with van der Waals surface area (Å²) in [4.78, 5) is 33.6. The summed E-state index contributed by atoms with van der Waals surface area (Å²) >= 11 is 1.78. The molecule has 3 heterocycles. The third-order valence-electron chi connectivity index (χ3n) is 4.90. The van der Waals surface area contributed by atoms with E-state index in [2.05, 4.69) is 32.3 Å². The number of ketones is 1. The number of aryl methyl sites for hydroxylation is 1. The Morgan fingerprint density at radius 1 is 1.19 bits per heavy atom. The first-order chi connectivity index (χ1) is 12.5. The first kappa shape index (κ1) is 18.8. The van der Waals surface area contributed by atoms with Crippen LogP contribution in [-0.4, -0.2) is 66.4 Å². The fourth-order valence-electron chi connectivity index (χ4n) is 3.45. The van der Waals surface area contributed by atoms with Crippen molar-refractivity contribution in [3.05, 3.63) is 44.9 Å². The van der Waals surface area contributed by atoms with Gasteiger partial charge >= 0.3 is 5.97 Å². The molecule has 2 aromatic rings. The summed E-state index contributed by atoms with van der Waals surface area (Å²) in [6, 6.07) is 4.24. The molecule has 1 aliphatic heterocycles. The van der Waals surface area contributed by atoms with E-state index in [1.54, 1.807) is 25.2 Å². The lowest BCUT2D eigenvalue weighted by molar-refractivity contribution is 0.0599. The number of nitrogens with zero attached hydrogens (tertiary/aromatic N) is 2. The molecule has 3 rings (SSSR count). The van der Waals surface area contributed by atoms with Gasteiger partial charge in [-0.1, -0.05) is 6.07 Å². The number of carbonyl (C=O) groups excluding carboxylic acids is 2. The highest BCUT2D eigenvalue weighted by atomic mass is 32.1. The number of H-pyrrole nitrogens is 1. The second-order valence-corrected chi connectivity index (χ2v) is 7.70. The topological polar surface area (TPSA) is 65.6 Å². The average Bonchev–Trinajstić information content (AvgIpc) is 3.24. The monoisotopic (exact) mass is 375 g/mol. The molecule has 0 radical (unpaired) electrons. The fourth-order valence-corrected chi connectivity index (χ4v) is 4.19. The summed E-state index contributed by atoms with van der Waals surface area (Å²) in [6.07, 6.45) is 0. The van der Waals surface area contributed by atoms with E-state index in [9.17, 15) is 9.59 Å². The lowest BCUT2D eigenvalue weighted by atomic mass is 10.1. The molecular weight excluding hydrogens is 350 g/mol. The van der Waals surface area contributed by atoms with Gasteiger partial charge in [0.15, 0.2) is 5.78 Å². The number of methoxy groups -OCH3 is 1. The second kappa shape index (κ2) is 8.16. The van der Waals surface area contributed by atoms with E-state index in [1.807, 2.05) is 0 Å². The largest absolute Gasteiger partial charge is 0.465 e. The Kier molecular flexibility index (Phi) is 5.90. The molecule has 0 bridgehead atoms. The van der Waals surface area contributed by atoms with Crippen LogP contribution in [-0.2, 0) is 11.3 Å². The molecule has 0 unspecified atom stereocenters. The predicted molar refractivity (Wildman–Crippen MR) is 102 cm³/mol. The third-order valence-corrected chi connectivity index (χ3v) is 5.76.